The van der Waals surface area contributed by atoms with E-state index >= 15 is 0 Å². The predicted octanol–water partition coefficient (Wildman–Crippen LogP) is 3.26. The number of rotatable bonds is 4. The smallest absolute Gasteiger partial charge is 0.237 e. The SMILES string of the molecule is Cl.NC(CNC(=O)C1SCCc2ccccc21)c1ccccc1. The Kier molecular flexibility index (Phi) is 6.51. The van der Waals surface area contributed by atoms with E-state index in [9.17, 15) is 4.79 Å². The van der Waals surface area contributed by atoms with Crippen LogP contribution >= 0.6 is 24.2 Å². The summed E-state index contributed by atoms with van der Waals surface area (Å²) in [6, 6.07) is 17.9. The van der Waals surface area contributed by atoms with Crippen LogP contribution in [-0.4, -0.2) is 18.2 Å². The van der Waals surface area contributed by atoms with Gasteiger partial charge in [-0.25, -0.2) is 0 Å². The molecule has 2 aromatic carbocycles. The monoisotopic (exact) mass is 348 g/mol. The predicted molar refractivity (Wildman–Crippen MR) is 99.0 cm³/mol. The van der Waals surface area contributed by atoms with Crippen molar-refractivity contribution in [3.63, 3.8) is 0 Å². The molecule has 2 atom stereocenters. The van der Waals surface area contributed by atoms with Crippen molar-refractivity contribution in [1.29, 1.82) is 0 Å². The Balaban J connectivity index is 0.00000192. The van der Waals surface area contributed by atoms with Gasteiger partial charge in [-0.1, -0.05) is 54.6 Å². The fourth-order valence-corrected chi connectivity index (χ4v) is 3.95. The van der Waals surface area contributed by atoms with E-state index in [0.29, 0.717) is 6.54 Å². The molecule has 0 saturated heterocycles. The summed E-state index contributed by atoms with van der Waals surface area (Å²) in [4.78, 5) is 12.5. The van der Waals surface area contributed by atoms with E-state index in [2.05, 4.69) is 17.4 Å². The maximum atomic E-state index is 12.5. The number of nitrogens with two attached hydrogens (primary N) is 1. The quantitative estimate of drug-likeness (QED) is 0.891. The van der Waals surface area contributed by atoms with Gasteiger partial charge in [0, 0.05) is 12.6 Å². The lowest BCUT2D eigenvalue weighted by molar-refractivity contribution is -0.120. The van der Waals surface area contributed by atoms with E-state index in [-0.39, 0.29) is 29.6 Å². The summed E-state index contributed by atoms with van der Waals surface area (Å²) >= 11 is 1.71. The van der Waals surface area contributed by atoms with Crippen LogP contribution in [0.1, 0.15) is 28.0 Å². The molecule has 2 unspecified atom stereocenters. The van der Waals surface area contributed by atoms with Gasteiger partial charge in [0.2, 0.25) is 5.91 Å². The van der Waals surface area contributed by atoms with Crippen molar-refractivity contribution < 1.29 is 4.79 Å². The van der Waals surface area contributed by atoms with Gasteiger partial charge in [0.1, 0.15) is 5.25 Å². The van der Waals surface area contributed by atoms with Crippen LogP contribution in [0.5, 0.6) is 0 Å². The average molecular weight is 349 g/mol. The van der Waals surface area contributed by atoms with Gasteiger partial charge >= 0.3 is 0 Å². The fraction of sp³-hybridized carbons (Fsp3) is 0.278. The van der Waals surface area contributed by atoms with E-state index in [1.807, 2.05) is 42.5 Å². The van der Waals surface area contributed by atoms with Crippen molar-refractivity contribution in [3.8, 4) is 0 Å². The first-order chi connectivity index (χ1) is 10.8. The van der Waals surface area contributed by atoms with Crippen molar-refractivity contribution >= 4 is 30.1 Å². The summed E-state index contributed by atoms with van der Waals surface area (Å²) in [5, 5.41) is 2.89. The first-order valence-electron chi connectivity index (χ1n) is 7.53. The van der Waals surface area contributed by atoms with Gasteiger partial charge in [0.15, 0.2) is 0 Å². The third kappa shape index (κ3) is 4.28. The number of amides is 1. The van der Waals surface area contributed by atoms with Gasteiger partial charge < -0.3 is 11.1 Å². The molecule has 1 aliphatic rings. The number of hydrogen-bond donors (Lipinski definition) is 2. The summed E-state index contributed by atoms with van der Waals surface area (Å²) in [6.45, 7) is 0.460. The molecule has 0 spiro atoms. The lowest BCUT2D eigenvalue weighted by Crippen LogP contribution is -2.35. The highest BCUT2D eigenvalue weighted by molar-refractivity contribution is 8.00. The highest BCUT2D eigenvalue weighted by Gasteiger charge is 2.26. The molecule has 3 rings (SSSR count). The van der Waals surface area contributed by atoms with Crippen LogP contribution in [0.15, 0.2) is 54.6 Å². The average Bonchev–Trinajstić information content (AvgIpc) is 2.59. The number of nitrogens with one attached hydrogen (secondary N) is 1. The van der Waals surface area contributed by atoms with Gasteiger partial charge in [-0.15, -0.1) is 24.2 Å². The normalized spacial score (nSPS) is 17.5. The first kappa shape index (κ1) is 17.9. The summed E-state index contributed by atoms with van der Waals surface area (Å²) in [7, 11) is 0. The van der Waals surface area contributed by atoms with Crippen molar-refractivity contribution in [2.45, 2.75) is 17.7 Å². The molecule has 3 N–H and O–H groups in total. The summed E-state index contributed by atoms with van der Waals surface area (Å²) in [5.41, 5.74) is 9.62. The third-order valence-electron chi connectivity index (χ3n) is 3.96. The topological polar surface area (TPSA) is 55.1 Å². The minimum Gasteiger partial charge on any atom is -0.353 e. The zero-order valence-corrected chi connectivity index (χ0v) is 14.4. The van der Waals surface area contributed by atoms with E-state index in [4.69, 9.17) is 5.73 Å². The van der Waals surface area contributed by atoms with Gasteiger partial charge in [-0.05, 0) is 28.9 Å². The fourth-order valence-electron chi connectivity index (χ4n) is 2.73. The standard InChI is InChI=1S/C18H20N2OS.ClH/c19-16(14-7-2-1-3-8-14)12-20-18(21)17-15-9-5-4-6-13(15)10-11-22-17;/h1-9,16-17H,10-12,19H2,(H,20,21);1H. The Morgan fingerprint density at radius 2 is 1.87 bits per heavy atom. The van der Waals surface area contributed by atoms with Gasteiger partial charge in [0.05, 0.1) is 0 Å². The minimum atomic E-state index is -0.172. The molecular weight excluding hydrogens is 328 g/mol. The second kappa shape index (κ2) is 8.39. The highest BCUT2D eigenvalue weighted by atomic mass is 35.5. The molecule has 23 heavy (non-hydrogen) atoms. The number of carbonyl (C=O) groups excluding carboxylic acids is 1. The Hall–Kier alpha value is -1.49. The van der Waals surface area contributed by atoms with Crippen molar-refractivity contribution in [3.05, 3.63) is 71.3 Å². The van der Waals surface area contributed by atoms with Gasteiger partial charge in [-0.2, -0.15) is 0 Å². The van der Waals surface area contributed by atoms with Crippen molar-refractivity contribution in [2.24, 2.45) is 5.73 Å². The molecule has 1 heterocycles. The van der Waals surface area contributed by atoms with Crippen LogP contribution in [0, 0.1) is 0 Å². The molecule has 5 heteroatoms. The van der Waals surface area contributed by atoms with Crippen LogP contribution < -0.4 is 11.1 Å². The number of aryl methyl sites for hydroxylation is 1. The van der Waals surface area contributed by atoms with Crippen LogP contribution in [0.3, 0.4) is 0 Å². The molecule has 0 fully saturated rings. The Morgan fingerprint density at radius 3 is 2.65 bits per heavy atom. The van der Waals surface area contributed by atoms with E-state index in [1.54, 1.807) is 11.8 Å². The molecule has 2 aromatic rings. The molecule has 1 amide bonds. The van der Waals surface area contributed by atoms with Crippen LogP contribution in [0.2, 0.25) is 0 Å². The highest BCUT2D eigenvalue weighted by Crippen LogP contribution is 2.36. The number of thioether (sulfide) groups is 1. The van der Waals surface area contributed by atoms with E-state index in [1.165, 1.54) is 5.56 Å². The minimum absolute atomic E-state index is 0. The largest absolute Gasteiger partial charge is 0.353 e. The molecule has 0 aromatic heterocycles. The summed E-state index contributed by atoms with van der Waals surface area (Å²) in [6.07, 6.45) is 1.04. The number of benzene rings is 2. The number of fused-ring (bicyclic) bond motifs is 1. The zero-order valence-electron chi connectivity index (χ0n) is 12.8. The Labute approximate surface area is 147 Å². The first-order valence-corrected chi connectivity index (χ1v) is 8.58. The molecule has 0 saturated carbocycles. The second-order valence-corrected chi connectivity index (χ2v) is 6.67. The van der Waals surface area contributed by atoms with Crippen LogP contribution in [0.4, 0.5) is 0 Å². The molecule has 0 radical (unpaired) electrons. The van der Waals surface area contributed by atoms with Gasteiger partial charge in [-0.3, -0.25) is 4.79 Å². The van der Waals surface area contributed by atoms with Crippen molar-refractivity contribution in [1.82, 2.24) is 5.32 Å². The molecule has 122 valence electrons. The van der Waals surface area contributed by atoms with Crippen LogP contribution in [0.25, 0.3) is 0 Å². The van der Waals surface area contributed by atoms with Crippen molar-refractivity contribution in [2.75, 3.05) is 12.3 Å². The Bertz CT molecular complexity index is 650. The lowest BCUT2D eigenvalue weighted by Gasteiger charge is -2.25. The lowest BCUT2D eigenvalue weighted by atomic mass is 10.0. The maximum absolute atomic E-state index is 12.5. The molecule has 0 bridgehead atoms. The Morgan fingerprint density at radius 1 is 1.17 bits per heavy atom. The zero-order chi connectivity index (χ0) is 15.4. The van der Waals surface area contributed by atoms with Crippen LogP contribution in [-0.2, 0) is 11.2 Å². The third-order valence-corrected chi connectivity index (χ3v) is 5.20. The maximum Gasteiger partial charge on any atom is 0.237 e. The van der Waals surface area contributed by atoms with E-state index < -0.39 is 0 Å². The van der Waals surface area contributed by atoms with Gasteiger partial charge in [0.25, 0.3) is 0 Å². The molecule has 3 nitrogen and oxygen atoms in total. The number of halogens is 1. The second-order valence-electron chi connectivity index (χ2n) is 5.46. The number of carbonyl (C=O) groups is 1. The molecule has 0 aliphatic carbocycles. The summed E-state index contributed by atoms with van der Waals surface area (Å²) < 4.78 is 0. The van der Waals surface area contributed by atoms with E-state index in [0.717, 1.165) is 23.3 Å². The molecular formula is C18H21ClN2OS. The summed E-state index contributed by atoms with van der Waals surface area (Å²) in [5.74, 6) is 1.04. The number of hydrogen-bond acceptors (Lipinski definition) is 3. The molecule has 1 aliphatic heterocycles.